The Kier molecular flexibility index (Phi) is 3.16. The first-order valence-corrected chi connectivity index (χ1v) is 4.12. The summed E-state index contributed by atoms with van der Waals surface area (Å²) in [5.41, 5.74) is 5.55. The van der Waals surface area contributed by atoms with Gasteiger partial charge in [0.25, 0.3) is 0 Å². The second-order valence-electron chi connectivity index (χ2n) is 3.19. The molecule has 1 fully saturated rings. The van der Waals surface area contributed by atoms with E-state index in [9.17, 15) is 0 Å². The third-order valence-electron chi connectivity index (χ3n) is 2.37. The van der Waals surface area contributed by atoms with Crippen LogP contribution in [0.5, 0.6) is 0 Å². The maximum atomic E-state index is 5.55. The molecule has 0 aromatic rings. The molecule has 1 aliphatic rings. The lowest BCUT2D eigenvalue weighted by molar-refractivity contribution is 0.0355. The molecule has 0 bridgehead atoms. The summed E-state index contributed by atoms with van der Waals surface area (Å²) in [5, 5.41) is 0. The number of hydrogen-bond acceptors (Lipinski definition) is 2. The van der Waals surface area contributed by atoms with Gasteiger partial charge in [-0.3, -0.25) is 0 Å². The van der Waals surface area contributed by atoms with Crippen LogP contribution < -0.4 is 5.73 Å². The standard InChI is InChI=1S/C8H17NO/c1-7(5-9)8-3-2-4-10-6-8/h7-8H,2-6,9H2,1H3/t7-,8?/m0/s1. The fraction of sp³-hybridized carbons (Fsp3) is 1.00. The zero-order valence-corrected chi connectivity index (χ0v) is 6.68. The van der Waals surface area contributed by atoms with Crippen LogP contribution in [0, 0.1) is 11.8 Å². The number of hydrogen-bond donors (Lipinski definition) is 1. The minimum Gasteiger partial charge on any atom is -0.381 e. The van der Waals surface area contributed by atoms with Crippen molar-refractivity contribution >= 4 is 0 Å². The molecule has 2 nitrogen and oxygen atoms in total. The van der Waals surface area contributed by atoms with Crippen LogP contribution in [0.3, 0.4) is 0 Å². The van der Waals surface area contributed by atoms with Crippen LogP contribution in [0.4, 0.5) is 0 Å². The van der Waals surface area contributed by atoms with Gasteiger partial charge in [-0.1, -0.05) is 6.92 Å². The second kappa shape index (κ2) is 3.94. The molecule has 0 radical (unpaired) electrons. The summed E-state index contributed by atoms with van der Waals surface area (Å²) in [4.78, 5) is 0. The van der Waals surface area contributed by atoms with Crippen molar-refractivity contribution in [3.05, 3.63) is 0 Å². The van der Waals surface area contributed by atoms with Crippen molar-refractivity contribution in [2.24, 2.45) is 17.6 Å². The van der Waals surface area contributed by atoms with Crippen molar-refractivity contribution in [1.29, 1.82) is 0 Å². The second-order valence-corrected chi connectivity index (χ2v) is 3.19. The molecule has 0 aromatic heterocycles. The van der Waals surface area contributed by atoms with E-state index in [0.29, 0.717) is 5.92 Å². The molecule has 2 heteroatoms. The third kappa shape index (κ3) is 1.96. The van der Waals surface area contributed by atoms with Crippen molar-refractivity contribution in [2.75, 3.05) is 19.8 Å². The topological polar surface area (TPSA) is 35.2 Å². The summed E-state index contributed by atoms with van der Waals surface area (Å²) in [7, 11) is 0. The molecule has 1 rings (SSSR count). The fourth-order valence-corrected chi connectivity index (χ4v) is 1.41. The number of ether oxygens (including phenoxy) is 1. The van der Waals surface area contributed by atoms with Crippen molar-refractivity contribution < 1.29 is 4.74 Å². The normalized spacial score (nSPS) is 30.0. The summed E-state index contributed by atoms with van der Waals surface area (Å²) >= 11 is 0. The summed E-state index contributed by atoms with van der Waals surface area (Å²) in [6.07, 6.45) is 2.52. The van der Waals surface area contributed by atoms with Gasteiger partial charge in [0.05, 0.1) is 0 Å². The van der Waals surface area contributed by atoms with E-state index in [4.69, 9.17) is 10.5 Å². The lowest BCUT2D eigenvalue weighted by Gasteiger charge is -2.26. The highest BCUT2D eigenvalue weighted by atomic mass is 16.5. The van der Waals surface area contributed by atoms with Crippen LogP contribution in [0.15, 0.2) is 0 Å². The summed E-state index contributed by atoms with van der Waals surface area (Å²) < 4.78 is 5.35. The zero-order valence-electron chi connectivity index (χ0n) is 6.68. The van der Waals surface area contributed by atoms with E-state index >= 15 is 0 Å². The molecule has 1 unspecified atom stereocenters. The molecule has 1 aliphatic heterocycles. The van der Waals surface area contributed by atoms with Crippen molar-refractivity contribution in [1.82, 2.24) is 0 Å². The maximum Gasteiger partial charge on any atom is 0.0497 e. The van der Waals surface area contributed by atoms with E-state index in [-0.39, 0.29) is 0 Å². The van der Waals surface area contributed by atoms with Gasteiger partial charge >= 0.3 is 0 Å². The van der Waals surface area contributed by atoms with E-state index in [0.717, 1.165) is 25.7 Å². The Morgan fingerprint density at radius 2 is 2.50 bits per heavy atom. The monoisotopic (exact) mass is 143 g/mol. The van der Waals surface area contributed by atoms with Gasteiger partial charge in [-0.15, -0.1) is 0 Å². The van der Waals surface area contributed by atoms with Crippen LogP contribution in [-0.4, -0.2) is 19.8 Å². The van der Waals surface area contributed by atoms with E-state index in [1.807, 2.05) is 0 Å². The number of rotatable bonds is 2. The Morgan fingerprint density at radius 1 is 1.70 bits per heavy atom. The van der Waals surface area contributed by atoms with Crippen molar-refractivity contribution in [3.8, 4) is 0 Å². The highest BCUT2D eigenvalue weighted by Crippen LogP contribution is 2.20. The molecule has 0 aliphatic carbocycles. The molecular weight excluding hydrogens is 126 g/mol. The number of nitrogens with two attached hydrogens (primary N) is 1. The summed E-state index contributed by atoms with van der Waals surface area (Å²) in [5.74, 6) is 1.36. The van der Waals surface area contributed by atoms with Gasteiger partial charge in [0.2, 0.25) is 0 Å². The predicted octanol–water partition coefficient (Wildman–Crippen LogP) is 1.01. The minimum absolute atomic E-state index is 0.639. The minimum atomic E-state index is 0.639. The molecule has 10 heavy (non-hydrogen) atoms. The van der Waals surface area contributed by atoms with Gasteiger partial charge in [-0.2, -0.15) is 0 Å². The highest BCUT2D eigenvalue weighted by molar-refractivity contribution is 4.69. The molecule has 1 saturated heterocycles. The fourth-order valence-electron chi connectivity index (χ4n) is 1.41. The molecule has 0 amide bonds. The van der Waals surface area contributed by atoms with Gasteiger partial charge in [0.1, 0.15) is 0 Å². The van der Waals surface area contributed by atoms with E-state index in [1.54, 1.807) is 0 Å². The zero-order chi connectivity index (χ0) is 7.40. The SMILES string of the molecule is C[C@@H](CN)C1CCCOC1. The lowest BCUT2D eigenvalue weighted by atomic mass is 9.89. The highest BCUT2D eigenvalue weighted by Gasteiger charge is 2.18. The smallest absolute Gasteiger partial charge is 0.0497 e. The van der Waals surface area contributed by atoms with Crippen LogP contribution in [-0.2, 0) is 4.74 Å². The van der Waals surface area contributed by atoms with E-state index in [2.05, 4.69) is 6.92 Å². The molecule has 0 saturated carbocycles. The van der Waals surface area contributed by atoms with Crippen LogP contribution in [0.2, 0.25) is 0 Å². The van der Waals surface area contributed by atoms with Gasteiger partial charge in [0.15, 0.2) is 0 Å². The van der Waals surface area contributed by atoms with Crippen molar-refractivity contribution in [2.45, 2.75) is 19.8 Å². The molecule has 0 aromatic carbocycles. The predicted molar refractivity (Wildman–Crippen MR) is 41.8 cm³/mol. The molecule has 0 spiro atoms. The first-order valence-electron chi connectivity index (χ1n) is 4.12. The molecule has 2 N–H and O–H groups in total. The Balaban J connectivity index is 2.24. The first-order chi connectivity index (χ1) is 4.84. The Morgan fingerprint density at radius 3 is 3.00 bits per heavy atom. The molecule has 2 atom stereocenters. The molecular formula is C8H17NO. The lowest BCUT2D eigenvalue weighted by Crippen LogP contribution is -2.28. The van der Waals surface area contributed by atoms with Gasteiger partial charge in [-0.25, -0.2) is 0 Å². The average Bonchev–Trinajstić information content (AvgIpc) is 2.05. The first kappa shape index (κ1) is 8.02. The Bertz CT molecular complexity index is 89.3. The molecule has 1 heterocycles. The van der Waals surface area contributed by atoms with Crippen LogP contribution in [0.1, 0.15) is 19.8 Å². The van der Waals surface area contributed by atoms with Crippen LogP contribution >= 0.6 is 0 Å². The van der Waals surface area contributed by atoms with E-state index < -0.39 is 0 Å². The molecule has 60 valence electrons. The maximum absolute atomic E-state index is 5.55. The largest absolute Gasteiger partial charge is 0.381 e. The quantitative estimate of drug-likeness (QED) is 0.626. The van der Waals surface area contributed by atoms with E-state index in [1.165, 1.54) is 12.8 Å². The van der Waals surface area contributed by atoms with Gasteiger partial charge < -0.3 is 10.5 Å². The van der Waals surface area contributed by atoms with Gasteiger partial charge in [-0.05, 0) is 31.2 Å². The van der Waals surface area contributed by atoms with Gasteiger partial charge in [0, 0.05) is 13.2 Å². The average molecular weight is 143 g/mol. The summed E-state index contributed by atoms with van der Waals surface area (Å²) in [6.45, 7) is 4.89. The summed E-state index contributed by atoms with van der Waals surface area (Å²) in [6, 6.07) is 0. The van der Waals surface area contributed by atoms with Crippen molar-refractivity contribution in [3.63, 3.8) is 0 Å². The Labute approximate surface area is 62.7 Å². The van der Waals surface area contributed by atoms with Crippen LogP contribution in [0.25, 0.3) is 0 Å². The Hall–Kier alpha value is -0.0800. The third-order valence-corrected chi connectivity index (χ3v) is 2.37.